The molecule has 4 nitrogen and oxygen atoms in total. The van der Waals surface area contributed by atoms with Gasteiger partial charge in [0.1, 0.15) is 10.1 Å². The van der Waals surface area contributed by atoms with Gasteiger partial charge < -0.3 is 10.3 Å². The van der Waals surface area contributed by atoms with Crippen molar-refractivity contribution < 1.29 is 18.7 Å². The molecular weight excluding hydrogens is 274 g/mol. The van der Waals surface area contributed by atoms with Crippen molar-refractivity contribution in [3.63, 3.8) is 0 Å². The normalized spacial score (nSPS) is 12.4. The molecule has 1 aromatic rings. The number of rotatable bonds is 6. The summed E-state index contributed by atoms with van der Waals surface area (Å²) in [5.41, 5.74) is 4.86. The lowest BCUT2D eigenvalue weighted by Crippen LogP contribution is -2.58. The highest BCUT2D eigenvalue weighted by Crippen LogP contribution is 2.08. The van der Waals surface area contributed by atoms with Crippen molar-refractivity contribution in [1.82, 2.24) is 0 Å². The van der Waals surface area contributed by atoms with Crippen molar-refractivity contribution in [3.8, 4) is 0 Å². The number of quaternary nitrogens is 1. The van der Waals surface area contributed by atoms with Gasteiger partial charge in [-0.15, -0.1) is 0 Å². The summed E-state index contributed by atoms with van der Waals surface area (Å²) in [4.78, 5) is -0.178. The second-order valence-corrected chi connectivity index (χ2v) is 6.60. The quantitative estimate of drug-likeness (QED) is 0.647. The van der Waals surface area contributed by atoms with Crippen molar-refractivity contribution in [3.05, 3.63) is 29.8 Å². The van der Waals surface area contributed by atoms with Gasteiger partial charge in [-0.05, 0) is 38.8 Å². The Labute approximate surface area is 123 Å². The minimum absolute atomic E-state index is 0.178. The third kappa shape index (κ3) is 9.95. The van der Waals surface area contributed by atoms with E-state index in [1.54, 1.807) is 12.1 Å². The molecule has 0 aliphatic rings. The molecular formula is C15H27NO3S. The molecule has 0 aliphatic heterocycles. The zero-order valence-corrected chi connectivity index (χ0v) is 13.6. The van der Waals surface area contributed by atoms with E-state index in [4.69, 9.17) is 0 Å². The fraction of sp³-hybridized carbons (Fsp3) is 0.600. The monoisotopic (exact) mass is 301 g/mol. The molecule has 5 heteroatoms. The van der Waals surface area contributed by atoms with Crippen molar-refractivity contribution in [2.45, 2.75) is 63.8 Å². The van der Waals surface area contributed by atoms with Crippen LogP contribution in [0.3, 0.4) is 0 Å². The summed E-state index contributed by atoms with van der Waals surface area (Å²) < 4.78 is 31.2. The molecule has 0 saturated heterocycles. The number of benzene rings is 1. The molecule has 0 aliphatic carbocycles. The first-order valence-electron chi connectivity index (χ1n) is 7.13. The zero-order valence-electron chi connectivity index (χ0n) is 12.8. The van der Waals surface area contributed by atoms with Gasteiger partial charge >= 0.3 is 0 Å². The molecule has 0 amide bonds. The Kier molecular flexibility index (Phi) is 9.46. The van der Waals surface area contributed by atoms with Gasteiger partial charge in [0.2, 0.25) is 0 Å². The highest BCUT2D eigenvalue weighted by atomic mass is 32.2. The molecule has 1 rings (SSSR count). The number of unbranched alkanes of at least 4 members (excludes halogenated alkanes) is 3. The maximum Gasteiger partial charge on any atom is 0.124 e. The fourth-order valence-corrected chi connectivity index (χ4v) is 2.09. The Morgan fingerprint density at radius 3 is 2.10 bits per heavy atom. The standard InChI is InChI=1S/C8H19N.C7H8O3S/c1-3-4-5-6-7-8(2)9;1-6-2-4-7(5-3-6)11(8,9)10/h8H,3-7,9H2,1-2H3;2-5H,1H3,(H,8,9,10)/t8-;/m0./s1. The third-order valence-corrected chi connectivity index (χ3v) is 3.71. The molecule has 116 valence electrons. The number of hydrogen-bond donors (Lipinski definition) is 1. The first-order chi connectivity index (χ1) is 9.27. The van der Waals surface area contributed by atoms with Crippen LogP contribution in [0.2, 0.25) is 0 Å². The van der Waals surface area contributed by atoms with Gasteiger partial charge in [0.25, 0.3) is 0 Å². The summed E-state index contributed by atoms with van der Waals surface area (Å²) in [7, 11) is -4.27. The molecule has 0 unspecified atom stereocenters. The molecule has 0 aromatic heterocycles. The SMILES string of the molecule is CCCCCC[C@H](C)[NH3+].Cc1ccc(S(=O)(=O)[O-])cc1. The van der Waals surface area contributed by atoms with Gasteiger partial charge in [0.05, 0.1) is 10.9 Å². The van der Waals surface area contributed by atoms with Crippen LogP contribution in [0.25, 0.3) is 0 Å². The molecule has 20 heavy (non-hydrogen) atoms. The van der Waals surface area contributed by atoms with Crippen LogP contribution >= 0.6 is 0 Å². The van der Waals surface area contributed by atoms with Gasteiger partial charge in [-0.25, -0.2) is 8.42 Å². The molecule has 3 N–H and O–H groups in total. The van der Waals surface area contributed by atoms with E-state index in [-0.39, 0.29) is 4.90 Å². The lowest BCUT2D eigenvalue weighted by Gasteiger charge is -2.05. The van der Waals surface area contributed by atoms with E-state index in [1.165, 1.54) is 44.2 Å². The van der Waals surface area contributed by atoms with Crippen molar-refractivity contribution in [2.75, 3.05) is 0 Å². The van der Waals surface area contributed by atoms with Crippen LogP contribution in [0.4, 0.5) is 0 Å². The van der Waals surface area contributed by atoms with E-state index in [9.17, 15) is 13.0 Å². The van der Waals surface area contributed by atoms with E-state index in [0.29, 0.717) is 6.04 Å². The average molecular weight is 301 g/mol. The van der Waals surface area contributed by atoms with E-state index < -0.39 is 10.1 Å². The van der Waals surface area contributed by atoms with Gasteiger partial charge in [0.15, 0.2) is 0 Å². The molecule has 0 bridgehead atoms. The molecule has 0 spiro atoms. The highest BCUT2D eigenvalue weighted by molar-refractivity contribution is 7.85. The molecule has 0 fully saturated rings. The lowest BCUT2D eigenvalue weighted by molar-refractivity contribution is -0.415. The van der Waals surface area contributed by atoms with Crippen molar-refractivity contribution in [1.29, 1.82) is 0 Å². The second kappa shape index (κ2) is 9.91. The molecule has 1 atom stereocenters. The minimum Gasteiger partial charge on any atom is -0.744 e. The summed E-state index contributed by atoms with van der Waals surface area (Å²) in [6.45, 7) is 6.25. The van der Waals surface area contributed by atoms with Crippen LogP contribution in [-0.2, 0) is 10.1 Å². The van der Waals surface area contributed by atoms with Crippen LogP contribution in [0, 0.1) is 6.92 Å². The Morgan fingerprint density at radius 2 is 1.70 bits per heavy atom. The van der Waals surface area contributed by atoms with Gasteiger partial charge in [0, 0.05) is 0 Å². The molecule has 0 saturated carbocycles. The van der Waals surface area contributed by atoms with Crippen LogP contribution < -0.4 is 5.73 Å². The Bertz CT molecular complexity index is 453. The van der Waals surface area contributed by atoms with E-state index in [2.05, 4.69) is 19.6 Å². The Morgan fingerprint density at radius 1 is 1.15 bits per heavy atom. The number of aryl methyl sites for hydroxylation is 1. The van der Waals surface area contributed by atoms with Crippen molar-refractivity contribution >= 4 is 10.1 Å². The Hall–Kier alpha value is -0.910. The average Bonchev–Trinajstić information content (AvgIpc) is 2.35. The summed E-state index contributed by atoms with van der Waals surface area (Å²) >= 11 is 0. The van der Waals surface area contributed by atoms with Gasteiger partial charge in [-0.1, -0.05) is 43.9 Å². The predicted molar refractivity (Wildman–Crippen MR) is 80.3 cm³/mol. The first-order valence-corrected chi connectivity index (χ1v) is 8.53. The maximum absolute atomic E-state index is 10.4. The predicted octanol–water partition coefficient (Wildman–Crippen LogP) is 2.49. The molecule has 0 radical (unpaired) electrons. The maximum atomic E-state index is 10.4. The summed E-state index contributed by atoms with van der Waals surface area (Å²) in [6.07, 6.45) is 6.81. The summed E-state index contributed by atoms with van der Waals surface area (Å²) in [5, 5.41) is 0. The number of hydrogen-bond acceptors (Lipinski definition) is 3. The van der Waals surface area contributed by atoms with Crippen LogP contribution in [0.5, 0.6) is 0 Å². The van der Waals surface area contributed by atoms with Gasteiger partial charge in [-0.2, -0.15) is 0 Å². The molecule has 1 aromatic carbocycles. The van der Waals surface area contributed by atoms with Crippen LogP contribution in [0.15, 0.2) is 29.2 Å². The van der Waals surface area contributed by atoms with Crippen molar-refractivity contribution in [2.24, 2.45) is 0 Å². The zero-order chi connectivity index (χ0) is 15.6. The van der Waals surface area contributed by atoms with Crippen LogP contribution in [-0.4, -0.2) is 19.0 Å². The van der Waals surface area contributed by atoms with E-state index in [0.717, 1.165) is 5.56 Å². The third-order valence-electron chi connectivity index (χ3n) is 2.86. The summed E-state index contributed by atoms with van der Waals surface area (Å²) in [5.74, 6) is 0. The largest absolute Gasteiger partial charge is 0.744 e. The molecule has 0 heterocycles. The Balaban J connectivity index is 0.000000370. The van der Waals surface area contributed by atoms with Gasteiger partial charge in [-0.3, -0.25) is 0 Å². The van der Waals surface area contributed by atoms with E-state index in [1.807, 2.05) is 6.92 Å². The summed E-state index contributed by atoms with van der Waals surface area (Å²) in [6, 6.07) is 6.44. The highest BCUT2D eigenvalue weighted by Gasteiger charge is 1.97. The van der Waals surface area contributed by atoms with E-state index >= 15 is 0 Å². The lowest BCUT2D eigenvalue weighted by atomic mass is 10.1. The smallest absolute Gasteiger partial charge is 0.124 e. The fourth-order valence-electron chi connectivity index (χ4n) is 1.62. The topological polar surface area (TPSA) is 84.8 Å². The van der Waals surface area contributed by atoms with Crippen LogP contribution in [0.1, 0.15) is 51.5 Å². The minimum atomic E-state index is -4.27. The second-order valence-electron chi connectivity index (χ2n) is 5.22. The first kappa shape index (κ1) is 19.1.